The molecule has 0 bridgehead atoms. The molecule has 2 aliphatic rings. The van der Waals surface area contributed by atoms with Gasteiger partial charge in [0, 0.05) is 45.7 Å². The minimum Gasteiger partial charge on any atom is -0.334 e. The lowest BCUT2D eigenvalue weighted by Gasteiger charge is -2.25. The average Bonchev–Trinajstić information content (AvgIpc) is 3.89. The summed E-state index contributed by atoms with van der Waals surface area (Å²) in [6.45, 7) is 0. The smallest absolute Gasteiger partial charge is 0.140 e. The highest BCUT2D eigenvalue weighted by Gasteiger charge is 2.38. The fourth-order valence-corrected chi connectivity index (χ4v) is 8.50. The van der Waals surface area contributed by atoms with Gasteiger partial charge in [0.05, 0.1) is 45.0 Å². The number of pyridine rings is 1. The summed E-state index contributed by atoms with van der Waals surface area (Å²) in [6, 6.07) is 48.0. The topological polar surface area (TPSA) is 43.8 Å². The number of aryl methyl sites for hydroxylation is 1. The van der Waals surface area contributed by atoms with Gasteiger partial charge in [0.1, 0.15) is 11.6 Å². The van der Waals surface area contributed by atoms with Gasteiger partial charge in [-0.05, 0) is 66.6 Å². The van der Waals surface area contributed by atoms with E-state index in [1.165, 1.54) is 43.7 Å². The van der Waals surface area contributed by atoms with E-state index in [0.29, 0.717) is 0 Å². The first-order chi connectivity index (χ1) is 24.2. The summed E-state index contributed by atoms with van der Waals surface area (Å²) < 4.78 is 6.78. The molecule has 11 rings (SSSR count). The maximum atomic E-state index is 5.49. The first-order valence-electron chi connectivity index (χ1n) is 16.8. The van der Waals surface area contributed by atoms with Crippen LogP contribution in [0.15, 0.2) is 140 Å². The van der Waals surface area contributed by atoms with Crippen LogP contribution in [0.3, 0.4) is 0 Å². The van der Waals surface area contributed by atoms with Gasteiger partial charge in [-0.1, -0.05) is 84.9 Å². The fraction of sp³-hybridized carbons (Fsp3) is 0.0698. The molecule has 6 heteroatoms. The normalized spacial score (nSPS) is 15.2. The van der Waals surface area contributed by atoms with Crippen molar-refractivity contribution in [1.82, 2.24) is 23.7 Å². The standard InChI is InChI=1S/C43H30N6/c1-46-26-44-34-25-27(21-24-39(34)46)47-35-15-6-4-13-30(35)32-22-23-33-31-14-5-9-18-38(31)49(43(33)42(32)47)41-20-10-19-40(45-41)48-36-16-7-2-11-28(36)29-12-3-8-17-37(29)48/h2-21,23-26,32H,22H2,1H3. The van der Waals surface area contributed by atoms with E-state index in [0.717, 1.165) is 51.3 Å². The molecule has 1 aliphatic carbocycles. The third kappa shape index (κ3) is 3.60. The van der Waals surface area contributed by atoms with E-state index in [1.54, 1.807) is 0 Å². The van der Waals surface area contributed by atoms with Gasteiger partial charge < -0.3 is 9.47 Å². The zero-order chi connectivity index (χ0) is 32.2. The molecule has 0 saturated heterocycles. The van der Waals surface area contributed by atoms with Crippen molar-refractivity contribution in [2.45, 2.75) is 12.3 Å². The number of aromatic nitrogens is 5. The van der Waals surface area contributed by atoms with E-state index in [2.05, 4.69) is 158 Å². The summed E-state index contributed by atoms with van der Waals surface area (Å²) in [6.07, 6.45) is 5.27. The van der Waals surface area contributed by atoms with Crippen molar-refractivity contribution in [3.8, 4) is 11.6 Å². The molecule has 0 fully saturated rings. The van der Waals surface area contributed by atoms with Crippen LogP contribution in [0.1, 0.15) is 17.9 Å². The van der Waals surface area contributed by atoms with E-state index in [9.17, 15) is 0 Å². The van der Waals surface area contributed by atoms with Crippen molar-refractivity contribution >= 4 is 66.9 Å². The van der Waals surface area contributed by atoms with Crippen LogP contribution in [0.4, 0.5) is 11.4 Å². The predicted octanol–water partition coefficient (Wildman–Crippen LogP) is 8.24. The Labute approximate surface area is 281 Å². The summed E-state index contributed by atoms with van der Waals surface area (Å²) in [5.41, 5.74) is 10.5. The minimum absolute atomic E-state index is 0.215. The number of benzene rings is 5. The van der Waals surface area contributed by atoms with Crippen LogP contribution in [0, 0.1) is 0 Å². The van der Waals surface area contributed by atoms with Crippen LogP contribution in [0.2, 0.25) is 0 Å². The van der Waals surface area contributed by atoms with Gasteiger partial charge in [-0.25, -0.2) is 9.97 Å². The third-order valence-electron chi connectivity index (χ3n) is 10.6. The van der Waals surface area contributed by atoms with Crippen molar-refractivity contribution in [3.05, 3.63) is 156 Å². The van der Waals surface area contributed by atoms with E-state index < -0.39 is 0 Å². The average molecular weight is 631 g/mol. The zero-order valence-corrected chi connectivity index (χ0v) is 26.8. The van der Waals surface area contributed by atoms with Gasteiger partial charge in [-0.3, -0.25) is 9.13 Å². The Morgan fingerprint density at radius 2 is 1.27 bits per heavy atom. The van der Waals surface area contributed by atoms with Crippen molar-refractivity contribution in [2.24, 2.45) is 7.05 Å². The second-order valence-electron chi connectivity index (χ2n) is 13.1. The molecule has 5 aromatic carbocycles. The van der Waals surface area contributed by atoms with E-state index in [4.69, 9.17) is 9.97 Å². The maximum absolute atomic E-state index is 5.49. The number of hydrogen-bond donors (Lipinski definition) is 0. The quantitative estimate of drug-likeness (QED) is 0.198. The molecule has 49 heavy (non-hydrogen) atoms. The van der Waals surface area contributed by atoms with Crippen LogP contribution < -0.4 is 15.5 Å². The molecule has 4 aromatic heterocycles. The van der Waals surface area contributed by atoms with Crippen LogP contribution >= 0.6 is 0 Å². The SMILES string of the molecule is Cn1cnc2cc(N3C4=c5c(c6ccccc6n5-c5cccc(-n6c7ccccc7c7ccccc76)n5)=CCC4c4ccccc43)ccc21. The van der Waals surface area contributed by atoms with Crippen molar-refractivity contribution in [1.29, 1.82) is 0 Å². The summed E-state index contributed by atoms with van der Waals surface area (Å²) in [4.78, 5) is 12.7. The molecule has 9 aromatic rings. The molecule has 5 heterocycles. The summed E-state index contributed by atoms with van der Waals surface area (Å²) in [5, 5.41) is 6.16. The molecule has 0 spiro atoms. The van der Waals surface area contributed by atoms with Gasteiger partial charge in [0.25, 0.3) is 0 Å². The highest BCUT2D eigenvalue weighted by molar-refractivity contribution is 6.09. The summed E-state index contributed by atoms with van der Waals surface area (Å²) >= 11 is 0. The van der Waals surface area contributed by atoms with Crippen LogP contribution in [0.5, 0.6) is 0 Å². The van der Waals surface area contributed by atoms with Crippen molar-refractivity contribution < 1.29 is 0 Å². The third-order valence-corrected chi connectivity index (χ3v) is 10.6. The molecule has 0 radical (unpaired) electrons. The number of fused-ring (bicyclic) bond motifs is 10. The van der Waals surface area contributed by atoms with Gasteiger partial charge >= 0.3 is 0 Å². The molecule has 0 saturated carbocycles. The fourth-order valence-electron chi connectivity index (χ4n) is 8.50. The van der Waals surface area contributed by atoms with Crippen LogP contribution in [0.25, 0.3) is 67.2 Å². The number of nitrogens with zero attached hydrogens (tertiary/aromatic N) is 6. The Bertz CT molecular complexity index is 2900. The second kappa shape index (κ2) is 9.81. The highest BCUT2D eigenvalue weighted by Crippen LogP contribution is 2.50. The molecule has 1 atom stereocenters. The minimum atomic E-state index is 0.215. The van der Waals surface area contributed by atoms with Gasteiger partial charge in [-0.2, -0.15) is 0 Å². The Balaban J connectivity index is 1.23. The number of imidazole rings is 1. The lowest BCUT2D eigenvalue weighted by Crippen LogP contribution is -2.38. The number of hydrogen-bond acceptors (Lipinski definition) is 3. The molecular weight excluding hydrogens is 601 g/mol. The number of anilines is 2. The molecule has 1 unspecified atom stereocenters. The Morgan fingerprint density at radius 1 is 0.612 bits per heavy atom. The van der Waals surface area contributed by atoms with Gasteiger partial charge in [0.2, 0.25) is 0 Å². The molecule has 0 amide bonds. The lowest BCUT2D eigenvalue weighted by molar-refractivity contribution is 0.878. The summed E-state index contributed by atoms with van der Waals surface area (Å²) in [5.74, 6) is 2.01. The largest absolute Gasteiger partial charge is 0.334 e. The van der Waals surface area contributed by atoms with Crippen molar-refractivity contribution in [3.63, 3.8) is 0 Å². The van der Waals surface area contributed by atoms with Crippen molar-refractivity contribution in [2.75, 3.05) is 4.90 Å². The summed E-state index contributed by atoms with van der Waals surface area (Å²) in [7, 11) is 2.05. The molecule has 0 N–H and O–H groups in total. The molecule has 232 valence electrons. The van der Waals surface area contributed by atoms with E-state index in [-0.39, 0.29) is 5.92 Å². The lowest BCUT2D eigenvalue weighted by atomic mass is 9.91. The van der Waals surface area contributed by atoms with E-state index in [1.807, 2.05) is 13.4 Å². The molecule has 1 aliphatic heterocycles. The molecule has 6 nitrogen and oxygen atoms in total. The Morgan fingerprint density at radius 3 is 2.04 bits per heavy atom. The van der Waals surface area contributed by atoms with Crippen LogP contribution in [-0.4, -0.2) is 23.7 Å². The Hall–Kier alpha value is -6.40. The predicted molar refractivity (Wildman–Crippen MR) is 199 cm³/mol. The first kappa shape index (κ1) is 26.6. The van der Waals surface area contributed by atoms with Crippen LogP contribution in [-0.2, 0) is 7.05 Å². The highest BCUT2D eigenvalue weighted by atomic mass is 15.2. The first-order valence-corrected chi connectivity index (χ1v) is 16.8. The monoisotopic (exact) mass is 630 g/mol. The second-order valence-corrected chi connectivity index (χ2v) is 13.1. The molecular formula is C43H30N6. The van der Waals surface area contributed by atoms with Gasteiger partial charge in [-0.15, -0.1) is 0 Å². The maximum Gasteiger partial charge on any atom is 0.140 e. The number of rotatable bonds is 3. The number of para-hydroxylation sites is 4. The Kier molecular flexibility index (Phi) is 5.34. The van der Waals surface area contributed by atoms with E-state index >= 15 is 0 Å². The van der Waals surface area contributed by atoms with Gasteiger partial charge in [0.15, 0.2) is 0 Å². The zero-order valence-electron chi connectivity index (χ0n) is 26.8.